The third-order valence-corrected chi connectivity index (χ3v) is 3.01. The molecule has 1 aliphatic carbocycles. The van der Waals surface area contributed by atoms with Gasteiger partial charge >= 0.3 is 6.18 Å². The number of sulfonamides is 1. The van der Waals surface area contributed by atoms with Crippen LogP contribution in [0, 0.1) is 0 Å². The smallest absolute Gasteiger partial charge is 0.418 e. The summed E-state index contributed by atoms with van der Waals surface area (Å²) in [4.78, 5) is 0. The number of anilines is 1. The Balaban J connectivity index is 2.37. The fourth-order valence-electron chi connectivity index (χ4n) is 1.51. The van der Waals surface area contributed by atoms with Gasteiger partial charge in [-0.25, -0.2) is 8.42 Å². The Morgan fingerprint density at radius 3 is 2.42 bits per heavy atom. The van der Waals surface area contributed by atoms with Gasteiger partial charge in [-0.3, -0.25) is 4.72 Å². The third kappa shape index (κ3) is 4.02. The Hall–Kier alpha value is -1.44. The summed E-state index contributed by atoms with van der Waals surface area (Å²) in [6.45, 7) is 0. The summed E-state index contributed by atoms with van der Waals surface area (Å²) < 4.78 is 67.7. The molecule has 1 aliphatic rings. The zero-order valence-electron chi connectivity index (χ0n) is 9.99. The van der Waals surface area contributed by atoms with Gasteiger partial charge in [-0.1, -0.05) is 0 Å². The molecule has 4 nitrogen and oxygen atoms in total. The predicted molar refractivity (Wildman–Crippen MR) is 63.6 cm³/mol. The van der Waals surface area contributed by atoms with Crippen LogP contribution in [-0.2, 0) is 16.2 Å². The van der Waals surface area contributed by atoms with Crippen molar-refractivity contribution in [3.05, 3.63) is 23.8 Å². The molecule has 1 aromatic rings. The van der Waals surface area contributed by atoms with Gasteiger partial charge in [0, 0.05) is 6.07 Å². The quantitative estimate of drug-likeness (QED) is 0.929. The number of alkyl halides is 3. The number of ether oxygens (including phenoxy) is 1. The molecule has 0 aliphatic heterocycles. The van der Waals surface area contributed by atoms with E-state index in [2.05, 4.69) is 0 Å². The second-order valence-electron chi connectivity index (χ2n) is 4.40. The average Bonchev–Trinajstić information content (AvgIpc) is 2.97. The van der Waals surface area contributed by atoms with Crippen molar-refractivity contribution < 1.29 is 26.3 Å². The number of benzene rings is 1. The first-order chi connectivity index (χ1) is 8.65. The molecule has 0 atom stereocenters. The second-order valence-corrected chi connectivity index (χ2v) is 6.15. The van der Waals surface area contributed by atoms with Gasteiger partial charge in [0.1, 0.15) is 5.75 Å². The zero-order chi connectivity index (χ0) is 14.3. The van der Waals surface area contributed by atoms with Crippen molar-refractivity contribution in [1.82, 2.24) is 0 Å². The first-order valence-corrected chi connectivity index (χ1v) is 7.40. The summed E-state index contributed by atoms with van der Waals surface area (Å²) in [5.41, 5.74) is -1.56. The molecular weight excluding hydrogens is 283 g/mol. The molecular formula is C11H12F3NO3S. The second kappa shape index (κ2) is 4.59. The summed E-state index contributed by atoms with van der Waals surface area (Å²) in [7, 11) is -3.80. The SMILES string of the molecule is CS(=O)(=O)Nc1cc(OC2CC2)ccc1C(F)(F)F. The van der Waals surface area contributed by atoms with Crippen LogP contribution in [0.15, 0.2) is 18.2 Å². The van der Waals surface area contributed by atoms with Crippen molar-refractivity contribution in [1.29, 1.82) is 0 Å². The summed E-state index contributed by atoms with van der Waals surface area (Å²) >= 11 is 0. The Morgan fingerprint density at radius 1 is 1.32 bits per heavy atom. The number of halogens is 3. The van der Waals surface area contributed by atoms with Gasteiger partial charge in [-0.2, -0.15) is 13.2 Å². The van der Waals surface area contributed by atoms with Crippen molar-refractivity contribution in [3.8, 4) is 5.75 Å². The van der Waals surface area contributed by atoms with Crippen LogP contribution < -0.4 is 9.46 Å². The largest absolute Gasteiger partial charge is 0.490 e. The van der Waals surface area contributed by atoms with Crippen molar-refractivity contribution >= 4 is 15.7 Å². The maximum Gasteiger partial charge on any atom is 0.418 e. The van der Waals surface area contributed by atoms with Gasteiger partial charge in [0.15, 0.2) is 0 Å². The Bertz CT molecular complexity index is 579. The molecule has 0 unspecified atom stereocenters. The Labute approximate surface area is 108 Å². The van der Waals surface area contributed by atoms with E-state index in [1.165, 1.54) is 6.07 Å². The molecule has 1 aromatic carbocycles. The van der Waals surface area contributed by atoms with Crippen molar-refractivity contribution in [2.45, 2.75) is 25.1 Å². The lowest BCUT2D eigenvalue weighted by Gasteiger charge is -2.15. The minimum Gasteiger partial charge on any atom is -0.490 e. The van der Waals surface area contributed by atoms with E-state index in [4.69, 9.17) is 4.74 Å². The monoisotopic (exact) mass is 295 g/mol. The lowest BCUT2D eigenvalue weighted by Crippen LogP contribution is -2.15. The number of hydrogen-bond donors (Lipinski definition) is 1. The third-order valence-electron chi connectivity index (χ3n) is 2.42. The van der Waals surface area contributed by atoms with Crippen LogP contribution in [-0.4, -0.2) is 20.8 Å². The van der Waals surface area contributed by atoms with Crippen LogP contribution >= 0.6 is 0 Å². The maximum absolute atomic E-state index is 12.8. The molecule has 1 N–H and O–H groups in total. The zero-order valence-corrected chi connectivity index (χ0v) is 10.8. The molecule has 0 saturated heterocycles. The summed E-state index contributed by atoms with van der Waals surface area (Å²) in [6, 6.07) is 3.06. The molecule has 0 radical (unpaired) electrons. The van der Waals surface area contributed by atoms with E-state index < -0.39 is 27.5 Å². The van der Waals surface area contributed by atoms with Crippen LogP contribution in [0.5, 0.6) is 5.75 Å². The minimum atomic E-state index is -4.63. The van der Waals surface area contributed by atoms with Crippen LogP contribution in [0.3, 0.4) is 0 Å². The molecule has 0 aromatic heterocycles. The predicted octanol–water partition coefficient (Wildman–Crippen LogP) is 2.62. The molecule has 106 valence electrons. The summed E-state index contributed by atoms with van der Waals surface area (Å²) in [5, 5.41) is 0. The molecule has 0 spiro atoms. The van der Waals surface area contributed by atoms with Crippen molar-refractivity contribution in [2.75, 3.05) is 11.0 Å². The number of hydrogen-bond acceptors (Lipinski definition) is 3. The van der Waals surface area contributed by atoms with E-state index in [9.17, 15) is 21.6 Å². The number of nitrogens with one attached hydrogen (secondary N) is 1. The average molecular weight is 295 g/mol. The highest BCUT2D eigenvalue weighted by Gasteiger charge is 2.34. The summed E-state index contributed by atoms with van der Waals surface area (Å²) in [5.74, 6) is 0.224. The molecule has 0 bridgehead atoms. The highest BCUT2D eigenvalue weighted by atomic mass is 32.2. The standard InChI is InChI=1S/C11H12F3NO3S/c1-19(16,17)15-10-6-8(18-7-2-3-7)4-5-9(10)11(12,13)14/h4-7,15H,2-3H2,1H3. The van der Waals surface area contributed by atoms with Crippen LogP contribution in [0.25, 0.3) is 0 Å². The van der Waals surface area contributed by atoms with Gasteiger partial charge in [-0.15, -0.1) is 0 Å². The molecule has 0 heterocycles. The van der Waals surface area contributed by atoms with Crippen LogP contribution in [0.4, 0.5) is 18.9 Å². The van der Waals surface area contributed by atoms with E-state index in [1.54, 1.807) is 0 Å². The Morgan fingerprint density at radius 2 is 1.95 bits per heavy atom. The lowest BCUT2D eigenvalue weighted by atomic mass is 10.1. The first-order valence-electron chi connectivity index (χ1n) is 5.51. The highest BCUT2D eigenvalue weighted by Crippen LogP contribution is 2.38. The molecule has 1 fully saturated rings. The Kier molecular flexibility index (Phi) is 3.38. The fraction of sp³-hybridized carbons (Fsp3) is 0.455. The van der Waals surface area contributed by atoms with E-state index >= 15 is 0 Å². The van der Waals surface area contributed by atoms with Gasteiger partial charge in [-0.05, 0) is 25.0 Å². The van der Waals surface area contributed by atoms with Gasteiger partial charge in [0.2, 0.25) is 10.0 Å². The van der Waals surface area contributed by atoms with E-state index in [0.717, 1.165) is 31.2 Å². The minimum absolute atomic E-state index is 0.0165. The maximum atomic E-state index is 12.8. The van der Waals surface area contributed by atoms with Gasteiger partial charge < -0.3 is 4.74 Å². The van der Waals surface area contributed by atoms with Crippen molar-refractivity contribution in [3.63, 3.8) is 0 Å². The molecule has 2 rings (SSSR count). The first kappa shape index (κ1) is 14.0. The highest BCUT2D eigenvalue weighted by molar-refractivity contribution is 7.92. The molecule has 1 saturated carbocycles. The van der Waals surface area contributed by atoms with Gasteiger partial charge in [0.05, 0.1) is 23.6 Å². The van der Waals surface area contributed by atoms with Gasteiger partial charge in [0.25, 0.3) is 0 Å². The topological polar surface area (TPSA) is 55.4 Å². The van der Waals surface area contributed by atoms with Crippen LogP contribution in [0.1, 0.15) is 18.4 Å². The number of rotatable bonds is 4. The van der Waals surface area contributed by atoms with Crippen molar-refractivity contribution in [2.24, 2.45) is 0 Å². The summed E-state index contributed by atoms with van der Waals surface area (Å²) in [6.07, 6.45) is -2.11. The van der Waals surface area contributed by atoms with E-state index in [-0.39, 0.29) is 11.9 Å². The van der Waals surface area contributed by atoms with E-state index in [0.29, 0.717) is 0 Å². The van der Waals surface area contributed by atoms with E-state index in [1.807, 2.05) is 4.72 Å². The molecule has 19 heavy (non-hydrogen) atoms. The lowest BCUT2D eigenvalue weighted by molar-refractivity contribution is -0.136. The normalized spacial score (nSPS) is 16.2. The molecule has 0 amide bonds. The van der Waals surface area contributed by atoms with Crippen LogP contribution in [0.2, 0.25) is 0 Å². The fourth-order valence-corrected chi connectivity index (χ4v) is 2.07. The molecule has 8 heteroatoms.